The molecular weight excluding hydrogens is 300 g/mol. The Bertz CT molecular complexity index is 899. The highest BCUT2D eigenvalue weighted by atomic mass is 32.1. The number of nitrogens with zero attached hydrogens (tertiary/aromatic N) is 3. The zero-order chi connectivity index (χ0) is 15.7. The van der Waals surface area contributed by atoms with Crippen molar-refractivity contribution in [2.75, 3.05) is 0 Å². The fourth-order valence-electron chi connectivity index (χ4n) is 2.19. The molecular formula is C15H16N4O2S. The summed E-state index contributed by atoms with van der Waals surface area (Å²) in [7, 11) is 0. The Morgan fingerprint density at radius 3 is 3.05 bits per heavy atom. The number of thiophene rings is 1. The third-order valence-corrected chi connectivity index (χ3v) is 4.65. The molecule has 0 radical (unpaired) electrons. The molecule has 0 aliphatic heterocycles. The molecule has 3 heterocycles. The van der Waals surface area contributed by atoms with Gasteiger partial charge in [-0.25, -0.2) is 9.97 Å². The Labute approximate surface area is 130 Å². The van der Waals surface area contributed by atoms with Crippen molar-refractivity contribution >= 4 is 37.7 Å². The van der Waals surface area contributed by atoms with Crippen molar-refractivity contribution in [3.8, 4) is 0 Å². The molecule has 0 aromatic carbocycles. The Morgan fingerprint density at radius 2 is 2.27 bits per heavy atom. The van der Waals surface area contributed by atoms with E-state index in [4.69, 9.17) is 0 Å². The number of hydrogen-bond donors (Lipinski definition) is 1. The number of hydrogen-bond acceptors (Lipinski definition) is 5. The van der Waals surface area contributed by atoms with Gasteiger partial charge in [0.15, 0.2) is 0 Å². The Morgan fingerprint density at radius 1 is 1.45 bits per heavy atom. The lowest BCUT2D eigenvalue weighted by Gasteiger charge is -2.11. The van der Waals surface area contributed by atoms with Crippen LogP contribution in [0.25, 0.3) is 20.4 Å². The molecule has 0 unspecified atom stereocenters. The SMILES string of the molecule is CC[C@@H](C)NC(=O)Cn1cnc2c(sc3ncccc32)c1=O. The van der Waals surface area contributed by atoms with E-state index in [1.807, 2.05) is 26.0 Å². The van der Waals surface area contributed by atoms with Crippen LogP contribution in [0.15, 0.2) is 29.5 Å². The summed E-state index contributed by atoms with van der Waals surface area (Å²) >= 11 is 1.31. The van der Waals surface area contributed by atoms with Gasteiger partial charge >= 0.3 is 0 Å². The number of carbonyl (C=O) groups is 1. The fourth-order valence-corrected chi connectivity index (χ4v) is 3.24. The zero-order valence-corrected chi connectivity index (χ0v) is 13.2. The van der Waals surface area contributed by atoms with E-state index in [1.165, 1.54) is 22.2 Å². The number of rotatable bonds is 4. The first kappa shape index (κ1) is 14.6. The maximum absolute atomic E-state index is 12.5. The van der Waals surface area contributed by atoms with Gasteiger partial charge in [-0.1, -0.05) is 6.92 Å². The first-order valence-corrected chi connectivity index (χ1v) is 7.93. The summed E-state index contributed by atoms with van der Waals surface area (Å²) in [5, 5.41) is 3.72. The maximum Gasteiger partial charge on any atom is 0.271 e. The summed E-state index contributed by atoms with van der Waals surface area (Å²) in [6.45, 7) is 3.91. The van der Waals surface area contributed by atoms with Crippen molar-refractivity contribution in [2.45, 2.75) is 32.9 Å². The number of amides is 1. The first-order valence-electron chi connectivity index (χ1n) is 7.12. The van der Waals surface area contributed by atoms with Crippen LogP contribution >= 0.6 is 11.3 Å². The van der Waals surface area contributed by atoms with E-state index in [2.05, 4.69) is 15.3 Å². The first-order chi connectivity index (χ1) is 10.6. The predicted molar refractivity (Wildman–Crippen MR) is 87.1 cm³/mol. The molecule has 1 atom stereocenters. The summed E-state index contributed by atoms with van der Waals surface area (Å²) in [5.41, 5.74) is 0.448. The van der Waals surface area contributed by atoms with Gasteiger partial charge in [0.1, 0.15) is 16.1 Å². The van der Waals surface area contributed by atoms with Crippen molar-refractivity contribution in [1.82, 2.24) is 19.9 Å². The van der Waals surface area contributed by atoms with Gasteiger partial charge in [-0.3, -0.25) is 14.2 Å². The second kappa shape index (κ2) is 5.84. The van der Waals surface area contributed by atoms with Crippen LogP contribution < -0.4 is 10.9 Å². The van der Waals surface area contributed by atoms with E-state index in [0.29, 0.717) is 10.2 Å². The normalized spacial score (nSPS) is 12.6. The van der Waals surface area contributed by atoms with E-state index >= 15 is 0 Å². The Balaban J connectivity index is 1.98. The van der Waals surface area contributed by atoms with Crippen LogP contribution in [0.2, 0.25) is 0 Å². The van der Waals surface area contributed by atoms with Crippen molar-refractivity contribution in [1.29, 1.82) is 0 Å². The molecule has 3 rings (SSSR count). The quantitative estimate of drug-likeness (QED) is 0.798. The van der Waals surface area contributed by atoms with Gasteiger partial charge in [0.2, 0.25) is 5.91 Å². The lowest BCUT2D eigenvalue weighted by Crippen LogP contribution is -2.37. The average molecular weight is 316 g/mol. The highest BCUT2D eigenvalue weighted by Crippen LogP contribution is 2.27. The molecule has 7 heteroatoms. The van der Waals surface area contributed by atoms with Crippen LogP contribution in [-0.4, -0.2) is 26.5 Å². The third kappa shape index (κ3) is 2.59. The number of fused-ring (bicyclic) bond motifs is 3. The van der Waals surface area contributed by atoms with Crippen LogP contribution in [-0.2, 0) is 11.3 Å². The van der Waals surface area contributed by atoms with Gasteiger partial charge in [-0.2, -0.15) is 0 Å². The highest BCUT2D eigenvalue weighted by Gasteiger charge is 2.14. The molecule has 0 saturated heterocycles. The zero-order valence-electron chi connectivity index (χ0n) is 12.4. The summed E-state index contributed by atoms with van der Waals surface area (Å²) < 4.78 is 1.88. The third-order valence-electron chi connectivity index (χ3n) is 3.56. The van der Waals surface area contributed by atoms with Gasteiger partial charge in [0.05, 0.1) is 11.8 Å². The smallest absolute Gasteiger partial charge is 0.271 e. The Hall–Kier alpha value is -2.28. The summed E-state index contributed by atoms with van der Waals surface area (Å²) in [6.07, 6.45) is 3.97. The maximum atomic E-state index is 12.5. The van der Waals surface area contributed by atoms with Crippen LogP contribution in [0.4, 0.5) is 0 Å². The fraction of sp³-hybridized carbons (Fsp3) is 0.333. The van der Waals surface area contributed by atoms with Gasteiger partial charge in [0, 0.05) is 17.6 Å². The number of pyridine rings is 1. The van der Waals surface area contributed by atoms with E-state index < -0.39 is 0 Å². The lowest BCUT2D eigenvalue weighted by molar-refractivity contribution is -0.122. The van der Waals surface area contributed by atoms with Gasteiger partial charge in [-0.15, -0.1) is 11.3 Å². The van der Waals surface area contributed by atoms with Crippen molar-refractivity contribution in [3.63, 3.8) is 0 Å². The summed E-state index contributed by atoms with van der Waals surface area (Å²) in [6, 6.07) is 3.81. The monoisotopic (exact) mass is 316 g/mol. The molecule has 22 heavy (non-hydrogen) atoms. The van der Waals surface area contributed by atoms with E-state index in [1.54, 1.807) is 6.20 Å². The standard InChI is InChI=1S/C15H16N4O2S/c1-3-9(2)18-11(20)7-19-8-17-12-10-5-4-6-16-14(10)22-13(12)15(19)21/h4-6,8-9H,3,7H2,1-2H3,(H,18,20)/t9-/m1/s1. The number of nitrogens with one attached hydrogen (secondary N) is 1. The van der Waals surface area contributed by atoms with Crippen LogP contribution in [0.5, 0.6) is 0 Å². The van der Waals surface area contributed by atoms with E-state index in [9.17, 15) is 9.59 Å². The van der Waals surface area contributed by atoms with Crippen LogP contribution in [0.1, 0.15) is 20.3 Å². The average Bonchev–Trinajstić information content (AvgIpc) is 2.89. The minimum atomic E-state index is -0.202. The Kier molecular flexibility index (Phi) is 3.89. The highest BCUT2D eigenvalue weighted by molar-refractivity contribution is 7.25. The van der Waals surface area contributed by atoms with Gasteiger partial charge in [0.25, 0.3) is 5.56 Å². The van der Waals surface area contributed by atoms with Gasteiger partial charge in [-0.05, 0) is 25.5 Å². The molecule has 0 aliphatic rings. The van der Waals surface area contributed by atoms with E-state index in [0.717, 1.165) is 16.6 Å². The molecule has 6 nitrogen and oxygen atoms in total. The molecule has 1 amide bonds. The number of aromatic nitrogens is 3. The van der Waals surface area contributed by atoms with E-state index in [-0.39, 0.29) is 24.1 Å². The second-order valence-electron chi connectivity index (χ2n) is 5.19. The van der Waals surface area contributed by atoms with Crippen molar-refractivity contribution < 1.29 is 4.79 Å². The molecule has 0 saturated carbocycles. The van der Waals surface area contributed by atoms with Crippen LogP contribution in [0, 0.1) is 0 Å². The molecule has 3 aromatic heterocycles. The van der Waals surface area contributed by atoms with Crippen molar-refractivity contribution in [3.05, 3.63) is 35.0 Å². The lowest BCUT2D eigenvalue weighted by atomic mass is 10.2. The molecule has 0 fully saturated rings. The molecule has 0 aliphatic carbocycles. The van der Waals surface area contributed by atoms with Crippen molar-refractivity contribution in [2.24, 2.45) is 0 Å². The number of carbonyl (C=O) groups excluding carboxylic acids is 1. The molecule has 114 valence electrons. The second-order valence-corrected chi connectivity index (χ2v) is 6.19. The molecule has 0 spiro atoms. The summed E-state index contributed by atoms with van der Waals surface area (Å²) in [4.78, 5) is 33.8. The minimum absolute atomic E-state index is 0.0201. The predicted octanol–water partition coefficient (Wildman–Crippen LogP) is 1.92. The largest absolute Gasteiger partial charge is 0.352 e. The van der Waals surface area contributed by atoms with Crippen LogP contribution in [0.3, 0.4) is 0 Å². The molecule has 1 N–H and O–H groups in total. The topological polar surface area (TPSA) is 76.9 Å². The van der Waals surface area contributed by atoms with Gasteiger partial charge < -0.3 is 5.32 Å². The molecule has 3 aromatic rings. The summed E-state index contributed by atoms with van der Waals surface area (Å²) in [5.74, 6) is -0.183. The minimum Gasteiger partial charge on any atom is -0.352 e. The molecule has 0 bridgehead atoms.